The first-order valence-electron chi connectivity index (χ1n) is 4.77. The van der Waals surface area contributed by atoms with E-state index in [1.54, 1.807) is 0 Å². The number of hydrogen-bond acceptors (Lipinski definition) is 3. The van der Waals surface area contributed by atoms with Crippen molar-refractivity contribution in [1.82, 2.24) is 4.98 Å². The normalized spacial score (nSPS) is 9.71. The summed E-state index contributed by atoms with van der Waals surface area (Å²) < 4.78 is 26.1. The Kier molecular flexibility index (Phi) is 2.97. The lowest BCUT2D eigenvalue weighted by Crippen LogP contribution is -1.97. The molecule has 0 bridgehead atoms. The van der Waals surface area contributed by atoms with Crippen LogP contribution in [-0.4, -0.2) is 4.98 Å². The van der Waals surface area contributed by atoms with E-state index in [-0.39, 0.29) is 5.69 Å². The maximum absolute atomic E-state index is 13.4. The second-order valence-corrected chi connectivity index (χ2v) is 3.28. The summed E-state index contributed by atoms with van der Waals surface area (Å²) >= 11 is 0. The molecule has 0 atom stereocenters. The fourth-order valence-corrected chi connectivity index (χ4v) is 1.33. The minimum Gasteiger partial charge on any atom is -0.351 e. The summed E-state index contributed by atoms with van der Waals surface area (Å²) in [5.74, 6) is -1.38. The fraction of sp³-hybridized carbons (Fsp3) is 0. The van der Waals surface area contributed by atoms with Gasteiger partial charge in [-0.1, -0.05) is 0 Å². The van der Waals surface area contributed by atoms with Gasteiger partial charge in [0, 0.05) is 12.3 Å². The zero-order chi connectivity index (χ0) is 12.3. The van der Waals surface area contributed by atoms with Gasteiger partial charge < -0.3 is 5.32 Å². The fourth-order valence-electron chi connectivity index (χ4n) is 1.33. The van der Waals surface area contributed by atoms with Gasteiger partial charge in [0.1, 0.15) is 17.7 Å². The molecule has 0 radical (unpaired) electrons. The molecule has 1 aromatic carbocycles. The lowest BCUT2D eigenvalue weighted by molar-refractivity contribution is 0.586. The standard InChI is InChI=1S/C12H7F2N3/c13-9-1-2-11(10(14)5-9)17-12-7-16-4-3-8(12)6-15/h1-5,7,17H. The van der Waals surface area contributed by atoms with Crippen LogP contribution in [-0.2, 0) is 0 Å². The van der Waals surface area contributed by atoms with Crippen molar-refractivity contribution in [2.45, 2.75) is 0 Å². The van der Waals surface area contributed by atoms with Crippen molar-refractivity contribution in [3.05, 3.63) is 53.9 Å². The van der Waals surface area contributed by atoms with Gasteiger partial charge in [0.2, 0.25) is 0 Å². The number of pyridine rings is 1. The van der Waals surface area contributed by atoms with Crippen LogP contribution < -0.4 is 5.32 Å². The lowest BCUT2D eigenvalue weighted by atomic mass is 10.2. The van der Waals surface area contributed by atoms with Crippen molar-refractivity contribution in [2.24, 2.45) is 0 Å². The predicted octanol–water partition coefficient (Wildman–Crippen LogP) is 2.98. The van der Waals surface area contributed by atoms with E-state index in [4.69, 9.17) is 5.26 Å². The Morgan fingerprint density at radius 3 is 2.71 bits per heavy atom. The molecule has 84 valence electrons. The summed E-state index contributed by atoms with van der Waals surface area (Å²) in [6.45, 7) is 0. The third kappa shape index (κ3) is 2.37. The zero-order valence-electron chi connectivity index (χ0n) is 8.61. The molecule has 0 fully saturated rings. The molecule has 5 heteroatoms. The van der Waals surface area contributed by atoms with E-state index >= 15 is 0 Å². The smallest absolute Gasteiger partial charge is 0.149 e. The Bertz CT molecular complexity index is 591. The summed E-state index contributed by atoms with van der Waals surface area (Å²) in [6.07, 6.45) is 2.87. The number of nitrogens with zero attached hydrogens (tertiary/aromatic N) is 2. The third-order valence-corrected chi connectivity index (χ3v) is 2.14. The summed E-state index contributed by atoms with van der Waals surface area (Å²) in [6, 6.07) is 6.62. The summed E-state index contributed by atoms with van der Waals surface area (Å²) in [4.78, 5) is 3.83. The number of benzene rings is 1. The Labute approximate surface area is 96.3 Å². The molecule has 1 N–H and O–H groups in total. The second kappa shape index (κ2) is 4.58. The molecule has 2 rings (SSSR count). The van der Waals surface area contributed by atoms with Crippen LogP contribution in [0, 0.1) is 23.0 Å². The number of halogens is 2. The van der Waals surface area contributed by atoms with Crippen LogP contribution in [0.2, 0.25) is 0 Å². The molecule has 17 heavy (non-hydrogen) atoms. The number of rotatable bonds is 2. The van der Waals surface area contributed by atoms with Crippen molar-refractivity contribution in [2.75, 3.05) is 5.32 Å². The molecule has 0 aliphatic carbocycles. The molecule has 0 saturated heterocycles. The average molecular weight is 231 g/mol. The molecule has 0 saturated carbocycles. The van der Waals surface area contributed by atoms with Gasteiger partial charge in [0.25, 0.3) is 0 Å². The summed E-state index contributed by atoms with van der Waals surface area (Å²) in [5, 5.41) is 11.5. The zero-order valence-corrected chi connectivity index (χ0v) is 8.61. The molecule has 0 aliphatic rings. The molecular formula is C12H7F2N3. The van der Waals surface area contributed by atoms with Crippen LogP contribution in [0.3, 0.4) is 0 Å². The number of aromatic nitrogens is 1. The Morgan fingerprint density at radius 1 is 1.18 bits per heavy atom. The van der Waals surface area contributed by atoms with Crippen molar-refractivity contribution in [3.63, 3.8) is 0 Å². The molecule has 0 aliphatic heterocycles. The maximum Gasteiger partial charge on any atom is 0.149 e. The van der Waals surface area contributed by atoms with E-state index in [0.717, 1.165) is 12.1 Å². The van der Waals surface area contributed by atoms with Crippen molar-refractivity contribution in [3.8, 4) is 6.07 Å². The van der Waals surface area contributed by atoms with E-state index in [0.29, 0.717) is 11.3 Å². The number of nitriles is 1. The van der Waals surface area contributed by atoms with Gasteiger partial charge in [-0.25, -0.2) is 8.78 Å². The molecule has 1 aromatic heterocycles. The van der Waals surface area contributed by atoms with Crippen molar-refractivity contribution in [1.29, 1.82) is 5.26 Å². The first-order chi connectivity index (χ1) is 8.20. The van der Waals surface area contributed by atoms with Gasteiger partial charge in [-0.2, -0.15) is 5.26 Å². The van der Waals surface area contributed by atoms with Crippen LogP contribution in [0.1, 0.15) is 5.56 Å². The molecule has 0 unspecified atom stereocenters. The van der Waals surface area contributed by atoms with Gasteiger partial charge >= 0.3 is 0 Å². The Morgan fingerprint density at radius 2 is 2.00 bits per heavy atom. The molecule has 0 spiro atoms. The highest BCUT2D eigenvalue weighted by Gasteiger charge is 2.06. The van der Waals surface area contributed by atoms with Gasteiger partial charge in [-0.15, -0.1) is 0 Å². The van der Waals surface area contributed by atoms with Crippen LogP contribution in [0.15, 0.2) is 36.7 Å². The van der Waals surface area contributed by atoms with Gasteiger partial charge in [0.15, 0.2) is 0 Å². The SMILES string of the molecule is N#Cc1ccncc1Nc1ccc(F)cc1F. The van der Waals surface area contributed by atoms with Crippen molar-refractivity contribution >= 4 is 11.4 Å². The number of anilines is 2. The highest BCUT2D eigenvalue weighted by molar-refractivity contribution is 5.65. The molecule has 0 amide bonds. The Hall–Kier alpha value is -2.48. The van der Waals surface area contributed by atoms with Gasteiger partial charge in [0.05, 0.1) is 23.1 Å². The predicted molar refractivity (Wildman–Crippen MR) is 58.6 cm³/mol. The highest BCUT2D eigenvalue weighted by atomic mass is 19.1. The molecule has 2 aromatic rings. The number of nitrogens with one attached hydrogen (secondary N) is 1. The van der Waals surface area contributed by atoms with Crippen LogP contribution in [0.25, 0.3) is 0 Å². The van der Waals surface area contributed by atoms with Gasteiger partial charge in [-0.05, 0) is 18.2 Å². The topological polar surface area (TPSA) is 48.7 Å². The summed E-state index contributed by atoms with van der Waals surface area (Å²) in [7, 11) is 0. The molecule has 3 nitrogen and oxygen atoms in total. The average Bonchev–Trinajstić information content (AvgIpc) is 2.33. The second-order valence-electron chi connectivity index (χ2n) is 3.28. The van der Waals surface area contributed by atoms with Crippen molar-refractivity contribution < 1.29 is 8.78 Å². The molecular weight excluding hydrogens is 224 g/mol. The van der Waals surface area contributed by atoms with E-state index in [1.807, 2.05) is 6.07 Å². The third-order valence-electron chi connectivity index (χ3n) is 2.14. The van der Waals surface area contributed by atoms with Crippen LogP contribution >= 0.6 is 0 Å². The van der Waals surface area contributed by atoms with E-state index in [2.05, 4.69) is 10.3 Å². The molecule has 1 heterocycles. The number of hydrogen-bond donors (Lipinski definition) is 1. The lowest BCUT2D eigenvalue weighted by Gasteiger charge is -2.08. The van der Waals surface area contributed by atoms with Crippen LogP contribution in [0.4, 0.5) is 20.2 Å². The first kappa shape index (κ1) is 11.0. The minimum absolute atomic E-state index is 0.0934. The maximum atomic E-state index is 13.4. The minimum atomic E-state index is -0.724. The van der Waals surface area contributed by atoms with E-state index in [9.17, 15) is 8.78 Å². The van der Waals surface area contributed by atoms with Gasteiger partial charge in [-0.3, -0.25) is 4.98 Å². The van der Waals surface area contributed by atoms with E-state index < -0.39 is 11.6 Å². The highest BCUT2D eigenvalue weighted by Crippen LogP contribution is 2.22. The summed E-state index contributed by atoms with van der Waals surface area (Å²) in [5.41, 5.74) is 0.806. The van der Waals surface area contributed by atoms with E-state index in [1.165, 1.54) is 24.5 Å². The Balaban J connectivity index is 2.35. The monoisotopic (exact) mass is 231 g/mol. The first-order valence-corrected chi connectivity index (χ1v) is 4.77. The quantitative estimate of drug-likeness (QED) is 0.864. The largest absolute Gasteiger partial charge is 0.351 e. The van der Waals surface area contributed by atoms with Crippen LogP contribution in [0.5, 0.6) is 0 Å².